The van der Waals surface area contributed by atoms with Crippen LogP contribution in [0.3, 0.4) is 0 Å². The van der Waals surface area contributed by atoms with E-state index in [1.165, 1.54) is 6.92 Å². The van der Waals surface area contributed by atoms with E-state index in [1.54, 1.807) is 24.3 Å². The fraction of sp³-hybridized carbons (Fsp3) is 0.300. The van der Waals surface area contributed by atoms with Gasteiger partial charge in [-0.25, -0.2) is 0 Å². The minimum atomic E-state index is -0.146. The summed E-state index contributed by atoms with van der Waals surface area (Å²) in [4.78, 5) is 23.0. The topological polar surface area (TPSA) is 79.5 Å². The smallest absolute Gasteiger partial charge is 0.243 e. The first-order chi connectivity index (χ1) is 12.4. The lowest BCUT2D eigenvalue weighted by atomic mass is 10.2. The number of carbonyl (C=O) groups is 2. The summed E-state index contributed by atoms with van der Waals surface area (Å²) in [6, 6.07) is 14.5. The molecule has 0 atom stereocenters. The van der Waals surface area contributed by atoms with E-state index in [1.807, 2.05) is 24.3 Å². The summed E-state index contributed by atoms with van der Waals surface area (Å²) in [6.07, 6.45) is 0. The molecule has 0 saturated heterocycles. The van der Waals surface area contributed by atoms with Gasteiger partial charge in [-0.2, -0.15) is 0 Å². The maximum atomic E-state index is 12.0. The van der Waals surface area contributed by atoms with E-state index in [4.69, 9.17) is 4.74 Å². The molecule has 0 saturated carbocycles. The molecular weight excluding hydrogens is 330 g/mol. The molecule has 3 N–H and O–H groups in total. The molecule has 0 bridgehead atoms. The average Bonchev–Trinajstić information content (AvgIpc) is 2.60. The van der Waals surface area contributed by atoms with E-state index in [2.05, 4.69) is 29.8 Å². The van der Waals surface area contributed by atoms with Crippen molar-refractivity contribution in [1.29, 1.82) is 0 Å². The van der Waals surface area contributed by atoms with Crippen molar-refractivity contribution >= 4 is 28.9 Å². The Bertz CT molecular complexity index is 725. The van der Waals surface area contributed by atoms with E-state index in [0.29, 0.717) is 18.2 Å². The highest BCUT2D eigenvalue weighted by atomic mass is 16.5. The Labute approximate surface area is 153 Å². The van der Waals surface area contributed by atoms with Crippen LogP contribution in [0.25, 0.3) is 0 Å². The van der Waals surface area contributed by atoms with Gasteiger partial charge < -0.3 is 20.7 Å². The molecule has 0 aromatic heterocycles. The highest BCUT2D eigenvalue weighted by Gasteiger charge is 2.04. The first-order valence-corrected chi connectivity index (χ1v) is 8.56. The zero-order chi connectivity index (χ0) is 18.9. The second-order valence-corrected chi connectivity index (χ2v) is 6.39. The zero-order valence-electron chi connectivity index (χ0n) is 15.3. The SMILES string of the molecule is CC(=O)Nc1ccc(NCC(=O)Nc2ccc(OCC(C)C)cc2)cc1. The van der Waals surface area contributed by atoms with Crippen molar-refractivity contribution in [3.05, 3.63) is 48.5 Å². The maximum absolute atomic E-state index is 12.0. The molecule has 0 aliphatic rings. The van der Waals surface area contributed by atoms with Gasteiger partial charge in [-0.3, -0.25) is 9.59 Å². The number of rotatable bonds is 8. The van der Waals surface area contributed by atoms with E-state index < -0.39 is 0 Å². The van der Waals surface area contributed by atoms with Crippen molar-refractivity contribution in [1.82, 2.24) is 0 Å². The molecule has 26 heavy (non-hydrogen) atoms. The highest BCUT2D eigenvalue weighted by Crippen LogP contribution is 2.17. The number of ether oxygens (including phenoxy) is 1. The quantitative estimate of drug-likeness (QED) is 0.674. The van der Waals surface area contributed by atoms with Crippen LogP contribution in [-0.2, 0) is 9.59 Å². The van der Waals surface area contributed by atoms with Gasteiger partial charge >= 0.3 is 0 Å². The Morgan fingerprint density at radius 2 is 1.42 bits per heavy atom. The molecule has 2 rings (SSSR count). The van der Waals surface area contributed by atoms with Gasteiger partial charge in [0, 0.05) is 24.0 Å². The standard InChI is InChI=1S/C20H25N3O3/c1-14(2)13-26-19-10-8-18(9-11-19)23-20(25)12-21-16-4-6-17(7-5-16)22-15(3)24/h4-11,14,21H,12-13H2,1-3H3,(H,22,24)(H,23,25). The zero-order valence-corrected chi connectivity index (χ0v) is 15.3. The van der Waals surface area contributed by atoms with Crippen LogP contribution in [0.15, 0.2) is 48.5 Å². The van der Waals surface area contributed by atoms with Gasteiger partial charge in [0.05, 0.1) is 13.2 Å². The first-order valence-electron chi connectivity index (χ1n) is 8.56. The Morgan fingerprint density at radius 1 is 0.885 bits per heavy atom. The predicted octanol–water partition coefficient (Wildman–Crippen LogP) is 3.73. The summed E-state index contributed by atoms with van der Waals surface area (Å²) < 4.78 is 5.62. The van der Waals surface area contributed by atoms with Crippen molar-refractivity contribution in [2.45, 2.75) is 20.8 Å². The van der Waals surface area contributed by atoms with Crippen LogP contribution in [0.1, 0.15) is 20.8 Å². The summed E-state index contributed by atoms with van der Waals surface area (Å²) in [5.74, 6) is 0.986. The van der Waals surface area contributed by atoms with Crippen molar-refractivity contribution in [2.24, 2.45) is 5.92 Å². The van der Waals surface area contributed by atoms with Gasteiger partial charge in [0.25, 0.3) is 0 Å². The lowest BCUT2D eigenvalue weighted by molar-refractivity contribution is -0.115. The van der Waals surface area contributed by atoms with Crippen molar-refractivity contribution in [3.8, 4) is 5.75 Å². The van der Waals surface area contributed by atoms with E-state index in [-0.39, 0.29) is 18.4 Å². The van der Waals surface area contributed by atoms with Crippen LogP contribution in [-0.4, -0.2) is 25.0 Å². The predicted molar refractivity (Wildman–Crippen MR) is 105 cm³/mol. The first kappa shape index (κ1) is 19.3. The van der Waals surface area contributed by atoms with Gasteiger partial charge in [-0.15, -0.1) is 0 Å². The molecule has 0 radical (unpaired) electrons. The molecule has 0 fully saturated rings. The summed E-state index contributed by atoms with van der Waals surface area (Å²) in [7, 11) is 0. The number of carbonyl (C=O) groups excluding carboxylic acids is 2. The summed E-state index contributed by atoms with van der Waals surface area (Å²) >= 11 is 0. The number of anilines is 3. The maximum Gasteiger partial charge on any atom is 0.243 e. The van der Waals surface area contributed by atoms with Crippen LogP contribution in [0.4, 0.5) is 17.1 Å². The van der Waals surface area contributed by atoms with Gasteiger partial charge in [0.1, 0.15) is 5.75 Å². The summed E-state index contributed by atoms with van der Waals surface area (Å²) in [5.41, 5.74) is 2.23. The van der Waals surface area contributed by atoms with Crippen LogP contribution < -0.4 is 20.7 Å². The van der Waals surface area contributed by atoms with Crippen molar-refractivity contribution in [3.63, 3.8) is 0 Å². The minimum Gasteiger partial charge on any atom is -0.493 e. The molecule has 0 aliphatic carbocycles. The Kier molecular flexibility index (Phi) is 7.02. The summed E-state index contributed by atoms with van der Waals surface area (Å²) in [6.45, 7) is 6.45. The second-order valence-electron chi connectivity index (χ2n) is 6.39. The molecule has 0 aliphatic heterocycles. The number of amides is 2. The van der Waals surface area contributed by atoms with E-state index >= 15 is 0 Å². The number of nitrogens with one attached hydrogen (secondary N) is 3. The normalized spacial score (nSPS) is 10.3. The molecule has 138 valence electrons. The fourth-order valence-corrected chi connectivity index (χ4v) is 2.16. The third-order valence-electron chi connectivity index (χ3n) is 3.38. The van der Waals surface area contributed by atoms with Crippen LogP contribution >= 0.6 is 0 Å². The number of hydrogen-bond acceptors (Lipinski definition) is 4. The molecule has 2 aromatic carbocycles. The molecule has 2 aromatic rings. The summed E-state index contributed by atoms with van der Waals surface area (Å²) in [5, 5.41) is 8.56. The van der Waals surface area contributed by atoms with Gasteiger partial charge in [-0.05, 0) is 54.4 Å². The molecule has 0 spiro atoms. The Morgan fingerprint density at radius 3 is 2.00 bits per heavy atom. The van der Waals surface area contributed by atoms with Crippen LogP contribution in [0, 0.1) is 5.92 Å². The molecular formula is C20H25N3O3. The van der Waals surface area contributed by atoms with Gasteiger partial charge in [-0.1, -0.05) is 13.8 Å². The second kappa shape index (κ2) is 9.46. The fourth-order valence-electron chi connectivity index (χ4n) is 2.16. The van der Waals surface area contributed by atoms with Crippen molar-refractivity contribution < 1.29 is 14.3 Å². The highest BCUT2D eigenvalue weighted by molar-refractivity contribution is 5.94. The Hall–Kier alpha value is -3.02. The lowest BCUT2D eigenvalue weighted by Crippen LogP contribution is -2.21. The third-order valence-corrected chi connectivity index (χ3v) is 3.38. The number of benzene rings is 2. The van der Waals surface area contributed by atoms with E-state index in [9.17, 15) is 9.59 Å². The minimum absolute atomic E-state index is 0.120. The third kappa shape index (κ3) is 6.84. The average molecular weight is 355 g/mol. The van der Waals surface area contributed by atoms with Crippen molar-refractivity contribution in [2.75, 3.05) is 29.1 Å². The molecule has 6 nitrogen and oxygen atoms in total. The Balaban J connectivity index is 1.78. The molecule has 2 amide bonds. The number of hydrogen-bond donors (Lipinski definition) is 3. The molecule has 0 unspecified atom stereocenters. The monoisotopic (exact) mass is 355 g/mol. The van der Waals surface area contributed by atoms with Gasteiger partial charge in [0.2, 0.25) is 11.8 Å². The molecule has 0 heterocycles. The van der Waals surface area contributed by atoms with Crippen LogP contribution in [0.5, 0.6) is 5.75 Å². The van der Waals surface area contributed by atoms with Gasteiger partial charge in [0.15, 0.2) is 0 Å². The molecule has 6 heteroatoms. The van der Waals surface area contributed by atoms with E-state index in [0.717, 1.165) is 17.1 Å². The lowest BCUT2D eigenvalue weighted by Gasteiger charge is -2.11. The largest absolute Gasteiger partial charge is 0.493 e. The van der Waals surface area contributed by atoms with Crippen LogP contribution in [0.2, 0.25) is 0 Å².